The molecule has 0 N–H and O–H groups in total. The summed E-state index contributed by atoms with van der Waals surface area (Å²) in [5, 5.41) is 0. The van der Waals surface area contributed by atoms with Gasteiger partial charge >= 0.3 is 0 Å². The van der Waals surface area contributed by atoms with E-state index in [-0.39, 0.29) is 5.78 Å². The Morgan fingerprint density at radius 1 is 1.24 bits per heavy atom. The van der Waals surface area contributed by atoms with Crippen molar-refractivity contribution in [1.29, 1.82) is 0 Å². The molecule has 0 heterocycles. The standard InChI is InChI=1S/C24H32O/c1-16(2)13-22-19(5)15-24(25)20(6)23(22)14-18(4)9-12-21-10-7-17(3)8-11-21/h7-8,10-11,14,16,22H,5,9,12-13,15H2,1-4,6H3/b18-14-. The SMILES string of the molecule is C=C1CC(=O)C(C)=C(/C=C(/C)CCc2ccc(C)cc2)C1CC(C)C. The molecule has 1 unspecified atom stereocenters. The average Bonchev–Trinajstić information content (AvgIpc) is 2.55. The normalized spacial score (nSPS) is 19.1. The Bertz CT molecular complexity index is 698. The monoisotopic (exact) mass is 336 g/mol. The van der Waals surface area contributed by atoms with Gasteiger partial charge in [0.05, 0.1) is 0 Å². The second-order valence-electron chi connectivity index (χ2n) is 8.00. The van der Waals surface area contributed by atoms with Crippen LogP contribution in [0.3, 0.4) is 0 Å². The largest absolute Gasteiger partial charge is 0.294 e. The Kier molecular flexibility index (Phi) is 6.58. The molecule has 1 aromatic carbocycles. The first-order chi connectivity index (χ1) is 11.8. The van der Waals surface area contributed by atoms with Crippen LogP contribution in [0.1, 0.15) is 58.1 Å². The van der Waals surface area contributed by atoms with E-state index in [1.165, 1.54) is 22.3 Å². The third-order valence-electron chi connectivity index (χ3n) is 5.14. The fourth-order valence-corrected chi connectivity index (χ4v) is 3.51. The first-order valence-corrected chi connectivity index (χ1v) is 9.42. The molecule has 134 valence electrons. The van der Waals surface area contributed by atoms with Gasteiger partial charge in [-0.05, 0) is 62.7 Å². The van der Waals surface area contributed by atoms with Crippen molar-refractivity contribution < 1.29 is 4.79 Å². The molecule has 0 spiro atoms. The van der Waals surface area contributed by atoms with Crippen LogP contribution in [0.4, 0.5) is 0 Å². The molecule has 1 heteroatoms. The molecule has 0 bridgehead atoms. The van der Waals surface area contributed by atoms with Crippen LogP contribution in [0.25, 0.3) is 0 Å². The summed E-state index contributed by atoms with van der Waals surface area (Å²) in [6.45, 7) is 15.0. The Hall–Kier alpha value is -1.89. The van der Waals surface area contributed by atoms with Gasteiger partial charge in [-0.2, -0.15) is 0 Å². The quantitative estimate of drug-likeness (QED) is 0.551. The van der Waals surface area contributed by atoms with Crippen molar-refractivity contribution in [2.45, 2.75) is 60.3 Å². The summed E-state index contributed by atoms with van der Waals surface area (Å²) in [5.41, 5.74) is 7.23. The zero-order valence-electron chi connectivity index (χ0n) is 16.5. The van der Waals surface area contributed by atoms with Crippen LogP contribution in [-0.4, -0.2) is 5.78 Å². The van der Waals surface area contributed by atoms with E-state index in [1.54, 1.807) is 0 Å². The predicted molar refractivity (Wildman–Crippen MR) is 108 cm³/mol. The number of hydrogen-bond acceptors (Lipinski definition) is 1. The summed E-state index contributed by atoms with van der Waals surface area (Å²) < 4.78 is 0. The molecule has 0 saturated heterocycles. The second kappa shape index (κ2) is 8.47. The summed E-state index contributed by atoms with van der Waals surface area (Å²) in [5.74, 6) is 1.16. The zero-order chi connectivity index (χ0) is 18.6. The maximum atomic E-state index is 12.3. The number of rotatable bonds is 6. The first-order valence-electron chi connectivity index (χ1n) is 9.42. The molecule has 2 rings (SSSR count). The number of carbonyl (C=O) groups is 1. The Balaban J connectivity index is 2.18. The third kappa shape index (κ3) is 5.29. The van der Waals surface area contributed by atoms with E-state index in [0.29, 0.717) is 18.3 Å². The smallest absolute Gasteiger partial charge is 0.162 e. The molecule has 1 aliphatic rings. The summed E-state index contributed by atoms with van der Waals surface area (Å²) in [6.07, 6.45) is 5.91. The van der Waals surface area contributed by atoms with E-state index in [4.69, 9.17) is 0 Å². The molecule has 25 heavy (non-hydrogen) atoms. The van der Waals surface area contributed by atoms with Crippen molar-refractivity contribution in [2.75, 3.05) is 0 Å². The van der Waals surface area contributed by atoms with Crippen LogP contribution >= 0.6 is 0 Å². The van der Waals surface area contributed by atoms with Crippen molar-refractivity contribution in [3.05, 3.63) is 70.3 Å². The molecule has 0 radical (unpaired) electrons. The van der Waals surface area contributed by atoms with E-state index in [9.17, 15) is 4.79 Å². The van der Waals surface area contributed by atoms with Crippen LogP contribution in [-0.2, 0) is 11.2 Å². The van der Waals surface area contributed by atoms with Crippen molar-refractivity contribution in [2.24, 2.45) is 11.8 Å². The Labute approximate surface area is 153 Å². The molecule has 1 aromatic rings. The molecule has 0 aromatic heterocycles. The van der Waals surface area contributed by atoms with Gasteiger partial charge in [0.1, 0.15) is 0 Å². The zero-order valence-corrected chi connectivity index (χ0v) is 16.5. The van der Waals surface area contributed by atoms with Gasteiger partial charge in [0.25, 0.3) is 0 Å². The molecular weight excluding hydrogens is 304 g/mol. The Morgan fingerprint density at radius 2 is 1.88 bits per heavy atom. The van der Waals surface area contributed by atoms with Crippen molar-refractivity contribution in [1.82, 2.24) is 0 Å². The highest BCUT2D eigenvalue weighted by molar-refractivity contribution is 5.99. The van der Waals surface area contributed by atoms with E-state index >= 15 is 0 Å². The van der Waals surface area contributed by atoms with Gasteiger partial charge < -0.3 is 0 Å². The lowest BCUT2D eigenvalue weighted by Crippen LogP contribution is -2.21. The molecule has 1 atom stereocenters. The summed E-state index contributed by atoms with van der Waals surface area (Å²) >= 11 is 0. The van der Waals surface area contributed by atoms with Gasteiger partial charge in [-0.15, -0.1) is 0 Å². The minimum atomic E-state index is 0.239. The molecule has 0 amide bonds. The maximum absolute atomic E-state index is 12.3. The molecule has 1 nitrogen and oxygen atoms in total. The summed E-state index contributed by atoms with van der Waals surface area (Å²) in [4.78, 5) is 12.3. The van der Waals surface area contributed by atoms with Crippen molar-refractivity contribution in [3.63, 3.8) is 0 Å². The Morgan fingerprint density at radius 3 is 2.48 bits per heavy atom. The third-order valence-corrected chi connectivity index (χ3v) is 5.14. The van der Waals surface area contributed by atoms with Gasteiger partial charge in [-0.3, -0.25) is 4.79 Å². The minimum Gasteiger partial charge on any atom is -0.294 e. The summed E-state index contributed by atoms with van der Waals surface area (Å²) in [7, 11) is 0. The molecule has 1 aliphatic carbocycles. The van der Waals surface area contributed by atoms with E-state index in [2.05, 4.69) is 64.6 Å². The lowest BCUT2D eigenvalue weighted by atomic mass is 9.75. The van der Waals surface area contributed by atoms with Crippen LogP contribution in [0.2, 0.25) is 0 Å². The summed E-state index contributed by atoms with van der Waals surface area (Å²) in [6, 6.07) is 8.76. The maximum Gasteiger partial charge on any atom is 0.162 e. The number of allylic oxidation sites excluding steroid dienone is 5. The van der Waals surface area contributed by atoms with Gasteiger partial charge in [-0.25, -0.2) is 0 Å². The molecule has 0 saturated carbocycles. The predicted octanol–water partition coefficient (Wildman–Crippen LogP) is 6.38. The van der Waals surface area contributed by atoms with Gasteiger partial charge in [0, 0.05) is 12.3 Å². The van der Waals surface area contributed by atoms with Crippen LogP contribution in [0, 0.1) is 18.8 Å². The van der Waals surface area contributed by atoms with Gasteiger partial charge in [0.15, 0.2) is 5.78 Å². The number of carbonyl (C=O) groups excluding carboxylic acids is 1. The van der Waals surface area contributed by atoms with Crippen LogP contribution in [0.15, 0.2) is 59.2 Å². The highest BCUT2D eigenvalue weighted by atomic mass is 16.1. The molecule has 0 aliphatic heterocycles. The topological polar surface area (TPSA) is 17.1 Å². The average molecular weight is 337 g/mol. The molecular formula is C24H32O. The fraction of sp³-hybridized carbons (Fsp3) is 0.458. The van der Waals surface area contributed by atoms with Crippen molar-refractivity contribution in [3.8, 4) is 0 Å². The van der Waals surface area contributed by atoms with Gasteiger partial charge in [0.2, 0.25) is 0 Å². The number of Topliss-reactive ketones (excluding diaryl/α,β-unsaturated/α-hetero) is 1. The minimum absolute atomic E-state index is 0.239. The van der Waals surface area contributed by atoms with E-state index in [0.717, 1.165) is 30.4 Å². The lowest BCUT2D eigenvalue weighted by molar-refractivity contribution is -0.115. The van der Waals surface area contributed by atoms with Crippen LogP contribution < -0.4 is 0 Å². The number of hydrogen-bond donors (Lipinski definition) is 0. The first kappa shape index (κ1) is 19.4. The fourth-order valence-electron chi connectivity index (χ4n) is 3.51. The lowest BCUT2D eigenvalue weighted by Gasteiger charge is -2.29. The number of aryl methyl sites for hydroxylation is 2. The highest BCUT2D eigenvalue weighted by Gasteiger charge is 2.28. The van der Waals surface area contributed by atoms with Crippen molar-refractivity contribution >= 4 is 5.78 Å². The number of benzene rings is 1. The van der Waals surface area contributed by atoms with E-state index < -0.39 is 0 Å². The van der Waals surface area contributed by atoms with E-state index in [1.807, 2.05) is 6.92 Å². The van der Waals surface area contributed by atoms with Gasteiger partial charge in [-0.1, -0.05) is 67.5 Å². The van der Waals surface area contributed by atoms with Crippen LogP contribution in [0.5, 0.6) is 0 Å². The number of ketones is 1. The highest BCUT2D eigenvalue weighted by Crippen LogP contribution is 2.37. The molecule has 0 fully saturated rings. The second-order valence-corrected chi connectivity index (χ2v) is 8.00.